The normalized spacial score (nSPS) is 18.1. The molecule has 1 N–H and O–H groups in total. The van der Waals surface area contributed by atoms with E-state index in [9.17, 15) is 44.7 Å². The molecule has 0 aliphatic carbocycles. The van der Waals surface area contributed by atoms with Crippen LogP contribution in [-0.2, 0) is 14.3 Å². The van der Waals surface area contributed by atoms with Gasteiger partial charge in [-0.25, -0.2) is 18.4 Å². The van der Waals surface area contributed by atoms with Gasteiger partial charge in [-0.15, -0.1) is 0 Å². The molecule has 0 aromatic heterocycles. The number of fused-ring (bicyclic) bond motifs is 2. The zero-order valence-corrected chi connectivity index (χ0v) is 20.9. The van der Waals surface area contributed by atoms with Gasteiger partial charge in [-0.2, -0.15) is 26.3 Å². The van der Waals surface area contributed by atoms with Gasteiger partial charge < -0.3 is 19.3 Å². The molecule has 0 saturated heterocycles. The van der Waals surface area contributed by atoms with Gasteiger partial charge >= 0.3 is 24.3 Å². The van der Waals surface area contributed by atoms with Crippen molar-refractivity contribution in [1.29, 1.82) is 0 Å². The summed E-state index contributed by atoms with van der Waals surface area (Å²) in [6.07, 6.45) is -12.9. The molecule has 0 amide bonds. The molecular formula is C24H15BrF8O6. The van der Waals surface area contributed by atoms with Crippen molar-refractivity contribution >= 4 is 40.0 Å². The van der Waals surface area contributed by atoms with Crippen molar-refractivity contribution in [2.75, 3.05) is 6.61 Å². The third-order valence-electron chi connectivity index (χ3n) is 5.06. The Labute approximate surface area is 222 Å². The number of benzene rings is 2. The molecule has 2 aliphatic rings. The van der Waals surface area contributed by atoms with Crippen LogP contribution in [0.25, 0.3) is 12.2 Å². The van der Waals surface area contributed by atoms with Crippen molar-refractivity contribution in [3.05, 3.63) is 68.7 Å². The highest BCUT2D eigenvalue weighted by Gasteiger charge is 2.49. The summed E-state index contributed by atoms with van der Waals surface area (Å²) in [7, 11) is 0. The summed E-state index contributed by atoms with van der Waals surface area (Å²) in [5.41, 5.74) is -1.35. The molecule has 2 aromatic rings. The fraction of sp³-hybridized carbons (Fsp3) is 0.250. The first-order valence-electron chi connectivity index (χ1n) is 10.6. The zero-order valence-electron chi connectivity index (χ0n) is 19.3. The minimum Gasteiger partial charge on any atom is -0.478 e. The first kappa shape index (κ1) is 29.9. The lowest BCUT2D eigenvalue weighted by atomic mass is 10.0. The standard InChI is InChI=1S/C13H9BrF4O3.C11H6F4O3/c1-2-20-12(19)7-3-6-4-8(14)9(15)5-10(6)21-11(7)13(16,17)18;12-6-2-1-5-3-7(10(16)17)9(11(13,14)15)18-8(5)4-6/h3-5,11H,2H2,1H3;1-4,9H,(H,16,17). The number of rotatable bonds is 3. The molecule has 2 aromatic carbocycles. The van der Waals surface area contributed by atoms with E-state index < -0.39 is 59.3 Å². The molecule has 2 aliphatic heterocycles. The second-order valence-corrected chi connectivity index (χ2v) is 8.64. The van der Waals surface area contributed by atoms with Crippen molar-refractivity contribution < 1.29 is 64.0 Å². The number of ether oxygens (including phenoxy) is 3. The number of carbonyl (C=O) groups is 2. The Morgan fingerprint density at radius 1 is 0.897 bits per heavy atom. The average Bonchev–Trinajstić information content (AvgIpc) is 2.82. The first-order chi connectivity index (χ1) is 18.0. The Morgan fingerprint density at radius 2 is 1.44 bits per heavy atom. The third-order valence-corrected chi connectivity index (χ3v) is 5.67. The van der Waals surface area contributed by atoms with Crippen LogP contribution in [0.3, 0.4) is 0 Å². The van der Waals surface area contributed by atoms with Crippen LogP contribution in [0.1, 0.15) is 18.1 Å². The average molecular weight is 631 g/mol. The number of alkyl halides is 6. The number of carboxylic acids is 1. The molecule has 210 valence electrons. The number of carboxylic acid groups (broad SMARTS) is 1. The van der Waals surface area contributed by atoms with E-state index in [1.54, 1.807) is 0 Å². The van der Waals surface area contributed by atoms with E-state index in [2.05, 4.69) is 25.4 Å². The number of aliphatic carboxylic acids is 1. The molecule has 0 bridgehead atoms. The highest BCUT2D eigenvalue weighted by Crippen LogP contribution is 2.40. The minimum absolute atomic E-state index is 0.0507. The van der Waals surface area contributed by atoms with Crippen molar-refractivity contribution in [3.63, 3.8) is 0 Å². The van der Waals surface area contributed by atoms with Gasteiger partial charge in [0.15, 0.2) is 0 Å². The molecule has 0 saturated carbocycles. The molecule has 6 nitrogen and oxygen atoms in total. The smallest absolute Gasteiger partial charge is 0.430 e. The predicted octanol–water partition coefficient (Wildman–Crippen LogP) is 6.48. The number of halogens is 9. The van der Waals surface area contributed by atoms with Crippen LogP contribution in [0, 0.1) is 11.6 Å². The Balaban J connectivity index is 0.000000218. The van der Waals surface area contributed by atoms with Crippen LogP contribution in [0.4, 0.5) is 35.1 Å². The van der Waals surface area contributed by atoms with Crippen molar-refractivity contribution in [2.45, 2.75) is 31.5 Å². The molecule has 4 rings (SSSR count). The highest BCUT2D eigenvalue weighted by molar-refractivity contribution is 9.10. The lowest BCUT2D eigenvalue weighted by molar-refractivity contribution is -0.188. The molecule has 0 spiro atoms. The van der Waals surface area contributed by atoms with E-state index in [-0.39, 0.29) is 33.7 Å². The van der Waals surface area contributed by atoms with E-state index in [1.165, 1.54) is 13.0 Å². The van der Waals surface area contributed by atoms with E-state index >= 15 is 0 Å². The summed E-state index contributed by atoms with van der Waals surface area (Å²) < 4.78 is 117. The van der Waals surface area contributed by atoms with E-state index in [1.807, 2.05) is 0 Å². The summed E-state index contributed by atoms with van der Waals surface area (Å²) in [5.74, 6) is -4.99. The van der Waals surface area contributed by atoms with Gasteiger partial charge in [-0.3, -0.25) is 0 Å². The lowest BCUT2D eigenvalue weighted by Crippen LogP contribution is -2.40. The Bertz CT molecular complexity index is 1350. The highest BCUT2D eigenvalue weighted by atomic mass is 79.9. The molecular weight excluding hydrogens is 616 g/mol. The maximum atomic E-state index is 13.4. The summed E-state index contributed by atoms with van der Waals surface area (Å²) in [6.45, 7) is 1.41. The fourth-order valence-corrected chi connectivity index (χ4v) is 3.76. The van der Waals surface area contributed by atoms with Gasteiger partial charge in [0, 0.05) is 23.3 Å². The Kier molecular flexibility index (Phi) is 8.63. The van der Waals surface area contributed by atoms with Gasteiger partial charge in [0.1, 0.15) is 23.1 Å². The van der Waals surface area contributed by atoms with Gasteiger partial charge in [0.2, 0.25) is 12.2 Å². The van der Waals surface area contributed by atoms with E-state index in [0.29, 0.717) is 0 Å². The predicted molar refractivity (Wildman–Crippen MR) is 122 cm³/mol. The molecule has 2 heterocycles. The summed E-state index contributed by atoms with van der Waals surface area (Å²) in [6, 6.07) is 5.00. The second-order valence-electron chi connectivity index (χ2n) is 7.79. The number of esters is 1. The van der Waals surface area contributed by atoms with Gasteiger partial charge in [0.25, 0.3) is 0 Å². The monoisotopic (exact) mass is 630 g/mol. The van der Waals surface area contributed by atoms with Crippen LogP contribution in [0.5, 0.6) is 11.5 Å². The van der Waals surface area contributed by atoms with E-state index in [0.717, 1.165) is 36.4 Å². The molecule has 2 unspecified atom stereocenters. The van der Waals surface area contributed by atoms with Crippen LogP contribution < -0.4 is 9.47 Å². The molecule has 0 fully saturated rings. The summed E-state index contributed by atoms with van der Waals surface area (Å²) >= 11 is 2.92. The van der Waals surface area contributed by atoms with Gasteiger partial charge in [0.05, 0.1) is 22.2 Å². The Morgan fingerprint density at radius 3 is 1.97 bits per heavy atom. The van der Waals surface area contributed by atoms with Crippen molar-refractivity contribution in [3.8, 4) is 11.5 Å². The largest absolute Gasteiger partial charge is 0.478 e. The molecule has 2 atom stereocenters. The van der Waals surface area contributed by atoms with Gasteiger partial charge in [-0.05, 0) is 53.2 Å². The third kappa shape index (κ3) is 6.88. The number of hydrogen-bond acceptors (Lipinski definition) is 5. The SMILES string of the molecule is CCOC(=O)C1=Cc2cc(Br)c(F)cc2OC1C(F)(F)F.O=C(O)C1=Cc2ccc(F)cc2OC1C(F)(F)F. The maximum absolute atomic E-state index is 13.4. The quantitative estimate of drug-likeness (QED) is 0.309. The van der Waals surface area contributed by atoms with Crippen LogP contribution in [0.2, 0.25) is 0 Å². The number of carbonyl (C=O) groups excluding carboxylic acids is 1. The summed E-state index contributed by atoms with van der Waals surface area (Å²) in [4.78, 5) is 22.4. The molecule has 0 radical (unpaired) electrons. The molecule has 39 heavy (non-hydrogen) atoms. The topological polar surface area (TPSA) is 82.1 Å². The van der Waals surface area contributed by atoms with Crippen molar-refractivity contribution in [2.24, 2.45) is 0 Å². The van der Waals surface area contributed by atoms with Crippen molar-refractivity contribution in [1.82, 2.24) is 0 Å². The van der Waals surface area contributed by atoms with E-state index in [4.69, 9.17) is 9.84 Å². The summed E-state index contributed by atoms with van der Waals surface area (Å²) in [5, 5.41) is 8.73. The van der Waals surface area contributed by atoms with Crippen LogP contribution >= 0.6 is 15.9 Å². The number of hydrogen-bond donors (Lipinski definition) is 1. The molecule has 15 heteroatoms. The lowest BCUT2D eigenvalue weighted by Gasteiger charge is -2.27. The van der Waals surface area contributed by atoms with Crippen LogP contribution in [0.15, 0.2) is 46.0 Å². The minimum atomic E-state index is -4.88. The van der Waals surface area contributed by atoms with Crippen LogP contribution in [-0.4, -0.2) is 48.2 Å². The maximum Gasteiger partial charge on any atom is 0.430 e. The second kappa shape index (κ2) is 11.2. The van der Waals surface area contributed by atoms with Gasteiger partial charge in [-0.1, -0.05) is 0 Å². The fourth-order valence-electron chi connectivity index (χ4n) is 3.40. The Hall–Kier alpha value is -3.62. The zero-order chi connectivity index (χ0) is 29.3. The first-order valence-corrected chi connectivity index (χ1v) is 11.4.